The molecule has 0 unspecified atom stereocenters. The van der Waals surface area contributed by atoms with Crippen molar-refractivity contribution in [2.75, 3.05) is 11.2 Å². The zero-order valence-electron chi connectivity index (χ0n) is 6.71. The predicted octanol–water partition coefficient (Wildman–Crippen LogP) is 0.337. The SMILES string of the molecule is O=C(CCCl)Nc1ccc(=O)[nH]n1. The first-order valence-corrected chi connectivity index (χ1v) is 4.17. The van der Waals surface area contributed by atoms with Crippen LogP contribution in [0.2, 0.25) is 0 Å². The van der Waals surface area contributed by atoms with Gasteiger partial charge in [-0.3, -0.25) is 9.59 Å². The molecule has 6 heteroatoms. The van der Waals surface area contributed by atoms with E-state index in [-0.39, 0.29) is 23.8 Å². The predicted molar refractivity (Wildman–Crippen MR) is 48.8 cm³/mol. The molecule has 0 radical (unpaired) electrons. The van der Waals surface area contributed by atoms with Crippen molar-refractivity contribution in [1.29, 1.82) is 0 Å². The first-order valence-electron chi connectivity index (χ1n) is 3.64. The molecule has 1 aromatic rings. The highest BCUT2D eigenvalue weighted by atomic mass is 35.5. The molecule has 0 aliphatic rings. The Labute approximate surface area is 79.1 Å². The summed E-state index contributed by atoms with van der Waals surface area (Å²) >= 11 is 5.35. The third-order valence-corrected chi connectivity index (χ3v) is 1.46. The number of carbonyl (C=O) groups excluding carboxylic acids is 1. The highest BCUT2D eigenvalue weighted by molar-refractivity contribution is 6.19. The van der Waals surface area contributed by atoms with Crippen molar-refractivity contribution in [2.24, 2.45) is 0 Å². The molecule has 0 aliphatic heterocycles. The Hall–Kier alpha value is -1.36. The maximum absolute atomic E-state index is 11.0. The minimum absolute atomic E-state index is 0.225. The van der Waals surface area contributed by atoms with E-state index in [4.69, 9.17) is 11.6 Å². The van der Waals surface area contributed by atoms with Crippen LogP contribution in [0.25, 0.3) is 0 Å². The summed E-state index contributed by atoms with van der Waals surface area (Å²) in [5, 5.41) is 8.25. The molecule has 1 rings (SSSR count). The summed E-state index contributed by atoms with van der Waals surface area (Å²) in [4.78, 5) is 21.6. The van der Waals surface area contributed by atoms with E-state index in [2.05, 4.69) is 15.5 Å². The second-order valence-electron chi connectivity index (χ2n) is 2.29. The lowest BCUT2D eigenvalue weighted by Crippen LogP contribution is -2.15. The lowest BCUT2D eigenvalue weighted by molar-refractivity contribution is -0.115. The number of carbonyl (C=O) groups is 1. The highest BCUT2D eigenvalue weighted by Gasteiger charge is 2.01. The summed E-state index contributed by atoms with van der Waals surface area (Å²) in [6.07, 6.45) is 0.225. The molecule has 0 spiro atoms. The minimum atomic E-state index is -0.310. The van der Waals surface area contributed by atoms with Gasteiger partial charge < -0.3 is 5.32 Å². The van der Waals surface area contributed by atoms with Gasteiger partial charge in [0.25, 0.3) is 5.56 Å². The quantitative estimate of drug-likeness (QED) is 0.693. The van der Waals surface area contributed by atoms with E-state index in [9.17, 15) is 9.59 Å². The zero-order valence-corrected chi connectivity index (χ0v) is 7.47. The van der Waals surface area contributed by atoms with Crippen molar-refractivity contribution in [2.45, 2.75) is 6.42 Å². The number of amides is 1. The Balaban J connectivity index is 2.59. The third kappa shape index (κ3) is 3.25. The number of aromatic nitrogens is 2. The number of H-pyrrole nitrogens is 1. The summed E-state index contributed by atoms with van der Waals surface area (Å²) in [7, 11) is 0. The molecule has 0 fully saturated rings. The first kappa shape index (κ1) is 9.73. The summed E-state index contributed by atoms with van der Waals surface area (Å²) in [6, 6.07) is 2.70. The number of anilines is 1. The summed E-state index contributed by atoms with van der Waals surface area (Å²) in [6.45, 7) is 0. The molecule has 0 aromatic carbocycles. The van der Waals surface area contributed by atoms with Gasteiger partial charge in [-0.25, -0.2) is 5.10 Å². The van der Waals surface area contributed by atoms with Crippen LogP contribution in [0.1, 0.15) is 6.42 Å². The normalized spacial score (nSPS) is 9.62. The Morgan fingerprint density at radius 2 is 2.38 bits per heavy atom. The van der Waals surface area contributed by atoms with Crippen LogP contribution in [0.3, 0.4) is 0 Å². The Morgan fingerprint density at radius 1 is 1.62 bits per heavy atom. The second-order valence-corrected chi connectivity index (χ2v) is 2.67. The number of aromatic amines is 1. The molecule has 70 valence electrons. The summed E-state index contributed by atoms with van der Waals surface area (Å²) < 4.78 is 0. The van der Waals surface area contributed by atoms with Gasteiger partial charge in [0, 0.05) is 18.4 Å². The third-order valence-electron chi connectivity index (χ3n) is 1.27. The molecule has 0 aliphatic carbocycles. The monoisotopic (exact) mass is 201 g/mol. The summed E-state index contributed by atoms with van der Waals surface area (Å²) in [5.74, 6) is 0.346. The zero-order chi connectivity index (χ0) is 9.68. The maximum Gasteiger partial charge on any atom is 0.264 e. The Morgan fingerprint density at radius 3 is 2.92 bits per heavy atom. The first-order chi connectivity index (χ1) is 6.22. The number of nitrogens with zero attached hydrogens (tertiary/aromatic N) is 1. The molecule has 2 N–H and O–H groups in total. The standard InChI is InChI=1S/C7H8ClN3O2/c8-4-3-6(12)9-5-1-2-7(13)11-10-5/h1-2H,3-4H2,(H,11,13)(H,9,10,12). The van der Waals surface area contributed by atoms with Gasteiger partial charge in [0.1, 0.15) is 0 Å². The van der Waals surface area contributed by atoms with Crippen LogP contribution in [0.4, 0.5) is 5.82 Å². The largest absolute Gasteiger partial charge is 0.309 e. The van der Waals surface area contributed by atoms with E-state index in [0.717, 1.165) is 0 Å². The average molecular weight is 202 g/mol. The lowest BCUT2D eigenvalue weighted by atomic mass is 10.4. The van der Waals surface area contributed by atoms with Gasteiger partial charge in [0.15, 0.2) is 5.82 Å². The van der Waals surface area contributed by atoms with Gasteiger partial charge in [-0.2, -0.15) is 5.10 Å². The minimum Gasteiger partial charge on any atom is -0.309 e. The summed E-state index contributed by atoms with van der Waals surface area (Å²) in [5.41, 5.74) is -0.310. The van der Waals surface area contributed by atoms with Crippen LogP contribution in [-0.4, -0.2) is 22.0 Å². The molecule has 0 atom stereocenters. The van der Waals surface area contributed by atoms with E-state index in [0.29, 0.717) is 5.82 Å². The molecule has 0 saturated carbocycles. The number of rotatable bonds is 3. The number of hydrogen-bond acceptors (Lipinski definition) is 3. The van der Waals surface area contributed by atoms with Crippen molar-refractivity contribution in [3.63, 3.8) is 0 Å². The fourth-order valence-corrected chi connectivity index (χ4v) is 0.877. The van der Waals surface area contributed by atoms with E-state index in [1.54, 1.807) is 0 Å². The van der Waals surface area contributed by atoms with Crippen LogP contribution in [0, 0.1) is 0 Å². The van der Waals surface area contributed by atoms with Crippen LogP contribution in [0.5, 0.6) is 0 Å². The van der Waals surface area contributed by atoms with Gasteiger partial charge in [-0.05, 0) is 6.07 Å². The molecule has 1 aromatic heterocycles. The van der Waals surface area contributed by atoms with Crippen molar-refractivity contribution in [3.05, 3.63) is 22.5 Å². The van der Waals surface area contributed by atoms with Gasteiger partial charge >= 0.3 is 0 Å². The fraction of sp³-hybridized carbons (Fsp3) is 0.286. The van der Waals surface area contributed by atoms with E-state index in [1.807, 2.05) is 0 Å². The molecule has 1 amide bonds. The Bertz CT molecular complexity index is 329. The van der Waals surface area contributed by atoms with Crippen LogP contribution < -0.4 is 10.9 Å². The second kappa shape index (κ2) is 4.61. The van der Waals surface area contributed by atoms with Crippen LogP contribution in [0.15, 0.2) is 16.9 Å². The molecule has 0 bridgehead atoms. The highest BCUT2D eigenvalue weighted by Crippen LogP contribution is 1.97. The fourth-order valence-electron chi connectivity index (χ4n) is 0.705. The van der Waals surface area contributed by atoms with E-state index in [1.165, 1.54) is 12.1 Å². The number of halogens is 1. The molecule has 5 nitrogen and oxygen atoms in total. The number of alkyl halides is 1. The van der Waals surface area contributed by atoms with Gasteiger partial charge in [-0.1, -0.05) is 0 Å². The van der Waals surface area contributed by atoms with Gasteiger partial charge in [-0.15, -0.1) is 11.6 Å². The molecular formula is C7H8ClN3O2. The number of hydrogen-bond donors (Lipinski definition) is 2. The Kier molecular flexibility index (Phi) is 3.45. The smallest absolute Gasteiger partial charge is 0.264 e. The average Bonchev–Trinajstić information content (AvgIpc) is 2.09. The topological polar surface area (TPSA) is 74.8 Å². The van der Waals surface area contributed by atoms with Gasteiger partial charge in [0.2, 0.25) is 5.91 Å². The van der Waals surface area contributed by atoms with Crippen molar-refractivity contribution in [3.8, 4) is 0 Å². The van der Waals surface area contributed by atoms with Gasteiger partial charge in [0.05, 0.1) is 0 Å². The molecular weight excluding hydrogens is 194 g/mol. The van der Waals surface area contributed by atoms with E-state index < -0.39 is 0 Å². The molecule has 1 heterocycles. The van der Waals surface area contributed by atoms with Crippen molar-refractivity contribution >= 4 is 23.3 Å². The van der Waals surface area contributed by atoms with Crippen LogP contribution >= 0.6 is 11.6 Å². The molecule has 13 heavy (non-hydrogen) atoms. The lowest BCUT2D eigenvalue weighted by Gasteiger charge is -2.00. The number of nitrogens with one attached hydrogen (secondary N) is 2. The maximum atomic E-state index is 11.0. The van der Waals surface area contributed by atoms with Crippen molar-refractivity contribution in [1.82, 2.24) is 10.2 Å². The van der Waals surface area contributed by atoms with Crippen molar-refractivity contribution < 1.29 is 4.79 Å². The molecule has 0 saturated heterocycles. The van der Waals surface area contributed by atoms with E-state index >= 15 is 0 Å². The van der Waals surface area contributed by atoms with Crippen LogP contribution in [-0.2, 0) is 4.79 Å².